The van der Waals surface area contributed by atoms with Gasteiger partial charge in [0.05, 0.1) is 12.8 Å². The van der Waals surface area contributed by atoms with Crippen LogP contribution in [0.15, 0.2) is 42.5 Å². The first-order valence-electron chi connectivity index (χ1n) is 10.5. The number of aryl methyl sites for hydroxylation is 1. The van der Waals surface area contributed by atoms with Gasteiger partial charge < -0.3 is 20.3 Å². The van der Waals surface area contributed by atoms with Crippen LogP contribution >= 0.6 is 11.3 Å². The van der Waals surface area contributed by atoms with Crippen molar-refractivity contribution in [3.8, 4) is 5.75 Å². The number of hydrogen-bond acceptors (Lipinski definition) is 6. The summed E-state index contributed by atoms with van der Waals surface area (Å²) in [5.74, 6) is -0.183. The smallest absolute Gasteiger partial charge is 0.321 e. The highest BCUT2D eigenvalue weighted by Gasteiger charge is 2.28. The zero-order valence-corrected chi connectivity index (χ0v) is 19.1. The Balaban J connectivity index is 1.40. The lowest BCUT2D eigenvalue weighted by atomic mass is 9.99. The van der Waals surface area contributed by atoms with E-state index in [1.165, 1.54) is 35.6 Å². The number of aromatic nitrogens is 2. The maximum absolute atomic E-state index is 13.1. The molecule has 0 saturated carbocycles. The van der Waals surface area contributed by atoms with Crippen molar-refractivity contribution in [2.24, 2.45) is 0 Å². The molecule has 172 valence electrons. The molecule has 1 atom stereocenters. The zero-order valence-electron chi connectivity index (χ0n) is 18.3. The summed E-state index contributed by atoms with van der Waals surface area (Å²) in [4.78, 5) is 27.1. The van der Waals surface area contributed by atoms with Crippen molar-refractivity contribution in [1.82, 2.24) is 15.1 Å². The Morgan fingerprint density at radius 2 is 1.94 bits per heavy atom. The number of anilines is 2. The number of nitrogens with zero attached hydrogens (tertiary/aromatic N) is 3. The minimum absolute atomic E-state index is 0.00576. The number of likely N-dealkylation sites (tertiary alicyclic amines) is 1. The molecule has 3 amide bonds. The van der Waals surface area contributed by atoms with Crippen molar-refractivity contribution < 1.29 is 18.7 Å². The van der Waals surface area contributed by atoms with E-state index in [4.69, 9.17) is 4.74 Å². The number of carbonyl (C=O) groups is 2. The van der Waals surface area contributed by atoms with E-state index in [0.717, 1.165) is 18.4 Å². The summed E-state index contributed by atoms with van der Waals surface area (Å²) in [5.41, 5.74) is 2.12. The summed E-state index contributed by atoms with van der Waals surface area (Å²) < 4.78 is 18.4. The van der Waals surface area contributed by atoms with E-state index in [1.54, 1.807) is 12.0 Å². The van der Waals surface area contributed by atoms with E-state index in [9.17, 15) is 14.0 Å². The number of ether oxygens (including phenoxy) is 1. The molecule has 1 aliphatic heterocycles. The fourth-order valence-corrected chi connectivity index (χ4v) is 4.55. The van der Waals surface area contributed by atoms with Gasteiger partial charge in [-0.2, -0.15) is 0 Å². The van der Waals surface area contributed by atoms with Gasteiger partial charge in [-0.25, -0.2) is 9.18 Å². The van der Waals surface area contributed by atoms with Crippen molar-refractivity contribution in [2.75, 3.05) is 30.8 Å². The molecule has 0 radical (unpaired) electrons. The maximum atomic E-state index is 13.1. The van der Waals surface area contributed by atoms with Gasteiger partial charge in [-0.1, -0.05) is 17.4 Å². The van der Waals surface area contributed by atoms with Gasteiger partial charge in [0, 0.05) is 24.7 Å². The Labute approximate surface area is 194 Å². The van der Waals surface area contributed by atoms with Gasteiger partial charge in [-0.15, -0.1) is 10.2 Å². The number of methoxy groups -OCH3 is 1. The number of amides is 3. The first-order valence-corrected chi connectivity index (χ1v) is 11.4. The van der Waals surface area contributed by atoms with Gasteiger partial charge in [0.2, 0.25) is 5.01 Å². The van der Waals surface area contributed by atoms with Crippen LogP contribution in [0.3, 0.4) is 0 Å². The lowest BCUT2D eigenvalue weighted by Gasteiger charge is -2.31. The molecule has 33 heavy (non-hydrogen) atoms. The fourth-order valence-electron chi connectivity index (χ4n) is 3.69. The van der Waals surface area contributed by atoms with E-state index in [1.807, 2.05) is 25.1 Å². The van der Waals surface area contributed by atoms with Crippen LogP contribution in [0, 0.1) is 12.7 Å². The third-order valence-corrected chi connectivity index (χ3v) is 6.48. The maximum Gasteiger partial charge on any atom is 0.321 e. The number of carbonyl (C=O) groups excluding carboxylic acids is 2. The molecular formula is C23H24FN5O3S. The first kappa shape index (κ1) is 22.7. The molecule has 8 nitrogen and oxygen atoms in total. The summed E-state index contributed by atoms with van der Waals surface area (Å²) >= 11 is 1.21. The van der Waals surface area contributed by atoms with Gasteiger partial charge in [0.15, 0.2) is 0 Å². The molecule has 2 aromatic carbocycles. The Hall–Kier alpha value is -3.53. The summed E-state index contributed by atoms with van der Waals surface area (Å²) in [7, 11) is 1.57. The lowest BCUT2D eigenvalue weighted by Crippen LogP contribution is -2.41. The van der Waals surface area contributed by atoms with E-state index >= 15 is 0 Å². The number of hydrogen-bond donors (Lipinski definition) is 2. The highest BCUT2D eigenvalue weighted by Crippen LogP contribution is 2.31. The largest absolute Gasteiger partial charge is 0.495 e. The van der Waals surface area contributed by atoms with Gasteiger partial charge in [0.1, 0.15) is 16.6 Å². The zero-order chi connectivity index (χ0) is 23.4. The second-order valence-electron chi connectivity index (χ2n) is 7.83. The highest BCUT2D eigenvalue weighted by atomic mass is 32.1. The molecule has 2 heterocycles. The molecule has 4 rings (SSSR count). The molecular weight excluding hydrogens is 445 g/mol. The molecule has 1 saturated heterocycles. The molecule has 10 heteroatoms. The van der Waals surface area contributed by atoms with Gasteiger partial charge >= 0.3 is 6.03 Å². The Morgan fingerprint density at radius 1 is 1.15 bits per heavy atom. The molecule has 1 aromatic heterocycles. The molecule has 3 aromatic rings. The van der Waals surface area contributed by atoms with Crippen LogP contribution in [0.4, 0.5) is 20.6 Å². The second-order valence-corrected chi connectivity index (χ2v) is 8.83. The second kappa shape index (κ2) is 9.95. The number of rotatable bonds is 5. The SMILES string of the molecule is COc1ccc(C)cc1NC(=O)N1CCC[C@H](c2nnc(C(=O)Nc3ccc(F)cc3)s2)C1. The molecule has 1 aliphatic rings. The molecule has 1 fully saturated rings. The van der Waals surface area contributed by atoms with Crippen LogP contribution < -0.4 is 15.4 Å². The quantitative estimate of drug-likeness (QED) is 0.567. The minimum atomic E-state index is -0.401. The van der Waals surface area contributed by atoms with Crippen LogP contribution in [0.2, 0.25) is 0 Å². The average molecular weight is 470 g/mol. The number of halogens is 1. The van der Waals surface area contributed by atoms with Crippen LogP contribution in [-0.2, 0) is 0 Å². The van der Waals surface area contributed by atoms with Gasteiger partial charge in [-0.05, 0) is 61.7 Å². The normalized spacial score (nSPS) is 15.7. The molecule has 0 unspecified atom stereocenters. The van der Waals surface area contributed by atoms with Crippen molar-refractivity contribution in [3.63, 3.8) is 0 Å². The average Bonchev–Trinajstić information content (AvgIpc) is 3.31. The van der Waals surface area contributed by atoms with Gasteiger partial charge in [-0.3, -0.25) is 4.79 Å². The monoisotopic (exact) mass is 469 g/mol. The molecule has 0 spiro atoms. The van der Waals surface area contributed by atoms with Crippen molar-refractivity contribution in [2.45, 2.75) is 25.7 Å². The van der Waals surface area contributed by atoms with E-state index < -0.39 is 5.91 Å². The Bertz CT molecular complexity index is 1150. The number of piperidine rings is 1. The predicted molar refractivity (Wildman–Crippen MR) is 125 cm³/mol. The fraction of sp³-hybridized carbons (Fsp3) is 0.304. The third-order valence-electron chi connectivity index (χ3n) is 5.39. The molecule has 2 N–H and O–H groups in total. The predicted octanol–water partition coefficient (Wildman–Crippen LogP) is 4.66. The van der Waals surface area contributed by atoms with E-state index in [2.05, 4.69) is 20.8 Å². The van der Waals surface area contributed by atoms with Crippen LogP contribution in [0.1, 0.15) is 39.1 Å². The molecule has 0 aliphatic carbocycles. The van der Waals surface area contributed by atoms with Crippen molar-refractivity contribution in [1.29, 1.82) is 0 Å². The molecule has 0 bridgehead atoms. The Kier molecular flexibility index (Phi) is 6.83. The van der Waals surface area contributed by atoms with Crippen LogP contribution in [0.5, 0.6) is 5.75 Å². The van der Waals surface area contributed by atoms with E-state index in [0.29, 0.717) is 35.2 Å². The number of benzene rings is 2. The number of urea groups is 1. The van der Waals surface area contributed by atoms with E-state index in [-0.39, 0.29) is 22.8 Å². The first-order chi connectivity index (χ1) is 15.9. The van der Waals surface area contributed by atoms with Crippen LogP contribution in [0.25, 0.3) is 0 Å². The van der Waals surface area contributed by atoms with Crippen molar-refractivity contribution in [3.05, 3.63) is 63.9 Å². The summed E-state index contributed by atoms with van der Waals surface area (Å²) in [6.45, 7) is 3.06. The third kappa shape index (κ3) is 5.46. The summed E-state index contributed by atoms with van der Waals surface area (Å²) in [5, 5.41) is 14.8. The van der Waals surface area contributed by atoms with Crippen LogP contribution in [-0.4, -0.2) is 47.2 Å². The standard InChI is InChI=1S/C23H24FN5O3S/c1-14-5-10-19(32-2)18(12-14)26-23(31)29-11-3-4-15(13-29)21-27-28-22(33-21)20(30)25-17-8-6-16(24)7-9-17/h5-10,12,15H,3-4,11,13H2,1-2H3,(H,25,30)(H,26,31)/t15-/m0/s1. The minimum Gasteiger partial charge on any atom is -0.495 e. The van der Waals surface area contributed by atoms with Crippen molar-refractivity contribution >= 4 is 34.6 Å². The summed E-state index contributed by atoms with van der Waals surface area (Å²) in [6, 6.07) is 10.9. The lowest BCUT2D eigenvalue weighted by molar-refractivity contribution is 0.102. The summed E-state index contributed by atoms with van der Waals surface area (Å²) in [6.07, 6.45) is 1.67. The number of nitrogens with one attached hydrogen (secondary N) is 2. The van der Waals surface area contributed by atoms with Gasteiger partial charge in [0.25, 0.3) is 5.91 Å². The highest BCUT2D eigenvalue weighted by molar-refractivity contribution is 7.13. The Morgan fingerprint density at radius 3 is 2.70 bits per heavy atom. The topological polar surface area (TPSA) is 96.4 Å².